The molecule has 6 nitrogen and oxygen atoms in total. The van der Waals surface area contributed by atoms with E-state index in [0.717, 1.165) is 53.9 Å². The van der Waals surface area contributed by atoms with Crippen molar-refractivity contribution in [3.05, 3.63) is 52.6 Å². The van der Waals surface area contributed by atoms with Crippen LogP contribution in [0.5, 0.6) is 0 Å². The maximum Gasteiger partial charge on any atom is 0.254 e. The highest BCUT2D eigenvalue weighted by Crippen LogP contribution is 2.49. The van der Waals surface area contributed by atoms with E-state index >= 15 is 0 Å². The maximum atomic E-state index is 13.2. The lowest BCUT2D eigenvalue weighted by atomic mass is 9.81. The number of carbonyl (C=O) groups is 1. The van der Waals surface area contributed by atoms with Gasteiger partial charge in [-0.1, -0.05) is 24.3 Å². The molecule has 0 bridgehead atoms. The van der Waals surface area contributed by atoms with Crippen molar-refractivity contribution in [2.45, 2.75) is 44.3 Å². The van der Waals surface area contributed by atoms with E-state index in [-0.39, 0.29) is 24.2 Å². The summed E-state index contributed by atoms with van der Waals surface area (Å²) in [5.74, 6) is -0.0245. The van der Waals surface area contributed by atoms with Crippen LogP contribution in [-0.2, 0) is 19.3 Å². The summed E-state index contributed by atoms with van der Waals surface area (Å²) in [4.78, 5) is 17.0. The fourth-order valence-corrected chi connectivity index (χ4v) is 5.34. The van der Waals surface area contributed by atoms with Gasteiger partial charge in [0.15, 0.2) is 0 Å². The number of fused-ring (bicyclic) bond motifs is 4. The Balaban J connectivity index is 1.58. The third kappa shape index (κ3) is 2.85. The monoisotopic (exact) mass is 406 g/mol. The average Bonchev–Trinajstić information content (AvgIpc) is 3.24. The van der Waals surface area contributed by atoms with Gasteiger partial charge in [0.2, 0.25) is 0 Å². The highest BCUT2D eigenvalue weighted by molar-refractivity contribution is 6.03. The van der Waals surface area contributed by atoms with Crippen molar-refractivity contribution < 1.29 is 9.90 Å². The summed E-state index contributed by atoms with van der Waals surface area (Å²) in [6.45, 7) is 2.44. The molecule has 2 aromatic carbocycles. The first-order valence-electron chi connectivity index (χ1n) is 10.8. The van der Waals surface area contributed by atoms with E-state index in [1.54, 1.807) is 11.9 Å². The zero-order valence-corrected chi connectivity index (χ0v) is 18.0. The SMILES string of the molecule is CC1Nc2c(cc(C(=O)N(C)CCO)c3c2NC2(CC3)Cc3ccccc3C2)N1C. The van der Waals surface area contributed by atoms with Gasteiger partial charge < -0.3 is 25.5 Å². The first kappa shape index (κ1) is 19.2. The minimum absolute atomic E-state index is 0.00913. The Morgan fingerprint density at radius 1 is 1.27 bits per heavy atom. The Hall–Kier alpha value is -2.73. The van der Waals surface area contributed by atoms with Crippen molar-refractivity contribution in [1.82, 2.24) is 4.90 Å². The Morgan fingerprint density at radius 2 is 1.97 bits per heavy atom. The number of nitrogens with zero attached hydrogens (tertiary/aromatic N) is 2. The van der Waals surface area contributed by atoms with Crippen molar-refractivity contribution in [3.8, 4) is 0 Å². The minimum atomic E-state index is -0.0342. The minimum Gasteiger partial charge on any atom is -0.395 e. The molecule has 0 radical (unpaired) electrons. The predicted octanol–water partition coefficient (Wildman–Crippen LogP) is 2.85. The average molecular weight is 407 g/mol. The number of amides is 1. The number of likely N-dealkylation sites (N-methyl/N-ethyl adjacent to an activating group) is 1. The van der Waals surface area contributed by atoms with Gasteiger partial charge in [0.05, 0.1) is 29.8 Å². The van der Waals surface area contributed by atoms with Crippen LogP contribution in [0.2, 0.25) is 0 Å². The molecule has 158 valence electrons. The van der Waals surface area contributed by atoms with Crippen molar-refractivity contribution >= 4 is 23.0 Å². The summed E-state index contributed by atoms with van der Waals surface area (Å²) < 4.78 is 0. The van der Waals surface area contributed by atoms with Crippen LogP contribution in [0.4, 0.5) is 17.1 Å². The molecular formula is C24H30N4O2. The summed E-state index contributed by atoms with van der Waals surface area (Å²) in [6, 6.07) is 10.8. The summed E-state index contributed by atoms with van der Waals surface area (Å²) in [5.41, 5.74) is 7.97. The third-order valence-electron chi connectivity index (χ3n) is 7.16. The number of anilines is 3. The molecule has 1 unspecified atom stereocenters. The molecule has 30 heavy (non-hydrogen) atoms. The van der Waals surface area contributed by atoms with Gasteiger partial charge in [0.25, 0.3) is 5.91 Å². The van der Waals surface area contributed by atoms with Gasteiger partial charge in [-0.2, -0.15) is 0 Å². The highest BCUT2D eigenvalue weighted by Gasteiger charge is 2.43. The molecule has 6 heteroatoms. The Bertz CT molecular complexity index is 994. The smallest absolute Gasteiger partial charge is 0.254 e. The number of rotatable bonds is 3. The molecule has 0 fully saturated rings. The standard InChI is InChI=1S/C24H30N4O2/c1-15-25-22-20(28(15)3)12-19(23(30)27(2)10-11-29)18-8-9-24(26-21(18)22)13-16-6-4-5-7-17(16)14-24/h4-7,12,15,25-26,29H,8-11,13-14H2,1-3H3. The molecule has 0 aromatic heterocycles. The van der Waals surface area contributed by atoms with E-state index in [0.29, 0.717) is 6.54 Å². The maximum absolute atomic E-state index is 13.2. The topological polar surface area (TPSA) is 67.8 Å². The van der Waals surface area contributed by atoms with Gasteiger partial charge in [-0.05, 0) is 55.4 Å². The fourth-order valence-electron chi connectivity index (χ4n) is 5.34. The number of carbonyl (C=O) groups excluding carboxylic acids is 1. The molecule has 3 N–H and O–H groups in total. The number of hydrogen-bond acceptors (Lipinski definition) is 5. The lowest BCUT2D eigenvalue weighted by Crippen LogP contribution is -2.43. The molecule has 1 aliphatic carbocycles. The molecule has 0 saturated heterocycles. The van der Waals surface area contributed by atoms with Crippen LogP contribution in [0, 0.1) is 0 Å². The van der Waals surface area contributed by atoms with E-state index in [4.69, 9.17) is 0 Å². The lowest BCUT2D eigenvalue weighted by Gasteiger charge is -2.39. The molecule has 1 atom stereocenters. The predicted molar refractivity (Wildman–Crippen MR) is 121 cm³/mol. The summed E-state index contributed by atoms with van der Waals surface area (Å²) in [7, 11) is 3.82. The molecule has 5 rings (SSSR count). The van der Waals surface area contributed by atoms with Gasteiger partial charge in [-0.15, -0.1) is 0 Å². The zero-order valence-electron chi connectivity index (χ0n) is 18.0. The Morgan fingerprint density at radius 3 is 2.63 bits per heavy atom. The van der Waals surface area contributed by atoms with E-state index in [1.165, 1.54) is 11.1 Å². The molecule has 2 aliphatic heterocycles. The second-order valence-electron chi connectivity index (χ2n) is 9.08. The van der Waals surface area contributed by atoms with E-state index < -0.39 is 0 Å². The molecule has 2 aromatic rings. The fraction of sp³-hybridized carbons (Fsp3) is 0.458. The number of nitrogens with one attached hydrogen (secondary N) is 2. The van der Waals surface area contributed by atoms with Gasteiger partial charge in [-0.25, -0.2) is 0 Å². The first-order chi connectivity index (χ1) is 14.4. The van der Waals surface area contributed by atoms with E-state index in [1.807, 2.05) is 6.07 Å². The second-order valence-corrected chi connectivity index (χ2v) is 9.08. The summed E-state index contributed by atoms with van der Waals surface area (Å²) >= 11 is 0. The Kier molecular flexibility index (Phi) is 4.43. The largest absolute Gasteiger partial charge is 0.395 e. The van der Waals surface area contributed by atoms with Crippen LogP contribution in [0.15, 0.2) is 30.3 Å². The van der Waals surface area contributed by atoms with Crippen LogP contribution < -0.4 is 15.5 Å². The van der Waals surface area contributed by atoms with E-state index in [2.05, 4.69) is 53.8 Å². The second kappa shape index (κ2) is 6.91. The van der Waals surface area contributed by atoms with Crippen molar-refractivity contribution in [3.63, 3.8) is 0 Å². The van der Waals surface area contributed by atoms with Crippen molar-refractivity contribution in [2.24, 2.45) is 0 Å². The molecule has 2 heterocycles. The van der Waals surface area contributed by atoms with Gasteiger partial charge in [-0.3, -0.25) is 4.79 Å². The van der Waals surface area contributed by atoms with Gasteiger partial charge in [0, 0.05) is 31.7 Å². The Labute approximate surface area is 177 Å². The highest BCUT2D eigenvalue weighted by atomic mass is 16.3. The molecule has 1 spiro atoms. The molecule has 0 saturated carbocycles. The van der Waals surface area contributed by atoms with Crippen molar-refractivity contribution in [2.75, 3.05) is 42.8 Å². The molecule has 3 aliphatic rings. The first-order valence-corrected chi connectivity index (χ1v) is 10.8. The summed E-state index contributed by atoms with van der Waals surface area (Å²) in [6.07, 6.45) is 4.09. The molecule has 1 amide bonds. The van der Waals surface area contributed by atoms with Crippen LogP contribution in [0.3, 0.4) is 0 Å². The number of aliphatic hydroxyl groups excluding tert-OH is 1. The normalized spacial score (nSPS) is 20.3. The quantitative estimate of drug-likeness (QED) is 0.731. The zero-order chi connectivity index (χ0) is 21.0. The number of aliphatic hydroxyl groups is 1. The lowest BCUT2D eigenvalue weighted by molar-refractivity contribution is 0.0765. The van der Waals surface area contributed by atoms with E-state index in [9.17, 15) is 9.90 Å². The van der Waals surface area contributed by atoms with Crippen LogP contribution in [-0.4, -0.2) is 54.9 Å². The number of hydrogen-bond donors (Lipinski definition) is 3. The molecular weight excluding hydrogens is 376 g/mol. The van der Waals surface area contributed by atoms with Crippen LogP contribution in [0.25, 0.3) is 0 Å². The van der Waals surface area contributed by atoms with Gasteiger partial charge in [0.1, 0.15) is 0 Å². The summed E-state index contributed by atoms with van der Waals surface area (Å²) in [5, 5.41) is 16.8. The number of benzene rings is 2. The van der Waals surface area contributed by atoms with Crippen molar-refractivity contribution in [1.29, 1.82) is 0 Å². The third-order valence-corrected chi connectivity index (χ3v) is 7.16. The van der Waals surface area contributed by atoms with Crippen LogP contribution in [0.1, 0.15) is 40.4 Å². The van der Waals surface area contributed by atoms with Crippen LogP contribution >= 0.6 is 0 Å². The van der Waals surface area contributed by atoms with Gasteiger partial charge >= 0.3 is 0 Å².